The van der Waals surface area contributed by atoms with Gasteiger partial charge in [0.25, 0.3) is 0 Å². The summed E-state index contributed by atoms with van der Waals surface area (Å²) in [5.74, 6) is 0.0162. The van der Waals surface area contributed by atoms with Gasteiger partial charge in [-0.25, -0.2) is 0 Å². The second-order valence-corrected chi connectivity index (χ2v) is 4.38. The van der Waals surface area contributed by atoms with Crippen molar-refractivity contribution in [3.05, 3.63) is 0 Å². The molecule has 0 aromatic carbocycles. The Morgan fingerprint density at radius 2 is 2.00 bits per heavy atom. The largest absolute Gasteiger partial charge is 0.469 e. The van der Waals surface area contributed by atoms with Crippen molar-refractivity contribution in [2.75, 3.05) is 13.7 Å². The number of carbonyl (C=O) groups is 2. The topological polar surface area (TPSA) is 52.6 Å². The minimum absolute atomic E-state index is 0.0378. The Kier molecular flexibility index (Phi) is 2.93. The van der Waals surface area contributed by atoms with Crippen LogP contribution < -0.4 is 0 Å². The van der Waals surface area contributed by atoms with Gasteiger partial charge >= 0.3 is 11.9 Å². The van der Waals surface area contributed by atoms with Gasteiger partial charge in [0.05, 0.1) is 25.6 Å². The van der Waals surface area contributed by atoms with Crippen LogP contribution in [0.15, 0.2) is 0 Å². The number of methoxy groups -OCH3 is 1. The fraction of sp³-hybridized carbons (Fsp3) is 0.818. The molecule has 0 spiro atoms. The molecule has 0 aromatic rings. The summed E-state index contributed by atoms with van der Waals surface area (Å²) in [6, 6.07) is 0. The Bertz CT molecular complexity index is 270. The van der Waals surface area contributed by atoms with Crippen molar-refractivity contribution in [2.24, 2.45) is 17.8 Å². The fourth-order valence-corrected chi connectivity index (χ4v) is 1.82. The second-order valence-electron chi connectivity index (χ2n) is 4.38. The van der Waals surface area contributed by atoms with E-state index in [1.54, 1.807) is 0 Å². The van der Waals surface area contributed by atoms with Crippen LogP contribution in [0.1, 0.15) is 25.7 Å². The van der Waals surface area contributed by atoms with Crippen LogP contribution in [0.3, 0.4) is 0 Å². The van der Waals surface area contributed by atoms with Gasteiger partial charge in [-0.15, -0.1) is 0 Å². The van der Waals surface area contributed by atoms with E-state index in [1.807, 2.05) is 0 Å². The summed E-state index contributed by atoms with van der Waals surface area (Å²) in [6.07, 6.45) is 3.85. The fourth-order valence-electron chi connectivity index (χ4n) is 1.82. The minimum Gasteiger partial charge on any atom is -0.469 e. The van der Waals surface area contributed by atoms with Crippen molar-refractivity contribution in [2.45, 2.75) is 25.7 Å². The standard InChI is InChI=1S/C11H16O4/c1-14-11(13)9-5-8(9)6-15-10(12)7-3-2-4-7/h7-9H,2-6H2,1H3. The zero-order valence-electron chi connectivity index (χ0n) is 8.90. The van der Waals surface area contributed by atoms with E-state index in [9.17, 15) is 9.59 Å². The maximum atomic E-state index is 11.4. The van der Waals surface area contributed by atoms with E-state index in [1.165, 1.54) is 7.11 Å². The smallest absolute Gasteiger partial charge is 0.309 e. The quantitative estimate of drug-likeness (QED) is 0.656. The molecule has 4 heteroatoms. The first-order valence-electron chi connectivity index (χ1n) is 5.47. The Balaban J connectivity index is 1.63. The molecule has 0 saturated heterocycles. The van der Waals surface area contributed by atoms with Crippen LogP contribution in [-0.2, 0) is 19.1 Å². The van der Waals surface area contributed by atoms with E-state index >= 15 is 0 Å². The summed E-state index contributed by atoms with van der Waals surface area (Å²) < 4.78 is 9.76. The van der Waals surface area contributed by atoms with Crippen LogP contribution in [-0.4, -0.2) is 25.7 Å². The highest BCUT2D eigenvalue weighted by Crippen LogP contribution is 2.40. The monoisotopic (exact) mass is 212 g/mol. The molecule has 2 unspecified atom stereocenters. The Hall–Kier alpha value is -1.06. The molecular formula is C11H16O4. The van der Waals surface area contributed by atoms with Crippen LogP contribution in [0, 0.1) is 17.8 Å². The van der Waals surface area contributed by atoms with Crippen LogP contribution in [0.2, 0.25) is 0 Å². The normalized spacial score (nSPS) is 29.1. The van der Waals surface area contributed by atoms with E-state index in [4.69, 9.17) is 4.74 Å². The molecule has 15 heavy (non-hydrogen) atoms. The highest BCUT2D eigenvalue weighted by atomic mass is 16.5. The summed E-state index contributed by atoms with van der Waals surface area (Å²) >= 11 is 0. The molecule has 0 heterocycles. The lowest BCUT2D eigenvalue weighted by Crippen LogP contribution is -2.25. The van der Waals surface area contributed by atoms with Crippen LogP contribution in [0.25, 0.3) is 0 Å². The molecule has 2 saturated carbocycles. The molecule has 0 bridgehead atoms. The van der Waals surface area contributed by atoms with Gasteiger partial charge in [-0.1, -0.05) is 6.42 Å². The van der Waals surface area contributed by atoms with Gasteiger partial charge in [0, 0.05) is 5.92 Å². The van der Waals surface area contributed by atoms with Crippen LogP contribution in [0.5, 0.6) is 0 Å². The SMILES string of the molecule is COC(=O)C1CC1COC(=O)C1CCC1. The summed E-state index contributed by atoms with van der Waals surface area (Å²) in [5, 5.41) is 0. The summed E-state index contributed by atoms with van der Waals surface area (Å²) in [4.78, 5) is 22.4. The molecule has 2 aliphatic rings. The number of hydrogen-bond donors (Lipinski definition) is 0. The highest BCUT2D eigenvalue weighted by Gasteiger charge is 2.45. The van der Waals surface area contributed by atoms with Gasteiger partial charge in [0.1, 0.15) is 0 Å². The summed E-state index contributed by atoms with van der Waals surface area (Å²) in [5.41, 5.74) is 0. The molecule has 2 aliphatic carbocycles. The zero-order valence-corrected chi connectivity index (χ0v) is 8.90. The second kappa shape index (κ2) is 4.21. The average molecular weight is 212 g/mol. The number of ether oxygens (including phenoxy) is 2. The van der Waals surface area contributed by atoms with Crippen molar-refractivity contribution in [1.29, 1.82) is 0 Å². The molecule has 2 rings (SSSR count). The third-order valence-electron chi connectivity index (χ3n) is 3.30. The molecule has 0 amide bonds. The number of esters is 2. The lowest BCUT2D eigenvalue weighted by molar-refractivity contribution is -0.153. The van der Waals surface area contributed by atoms with Crippen molar-refractivity contribution in [3.63, 3.8) is 0 Å². The number of rotatable bonds is 4. The number of carbonyl (C=O) groups excluding carboxylic acids is 2. The Morgan fingerprint density at radius 3 is 2.53 bits per heavy atom. The predicted octanol–water partition coefficient (Wildman–Crippen LogP) is 1.14. The highest BCUT2D eigenvalue weighted by molar-refractivity contribution is 5.76. The number of hydrogen-bond acceptors (Lipinski definition) is 4. The summed E-state index contributed by atoms with van der Waals surface area (Å²) in [6.45, 7) is 0.384. The average Bonchev–Trinajstić information content (AvgIpc) is 2.90. The molecule has 2 atom stereocenters. The van der Waals surface area contributed by atoms with E-state index in [0.717, 1.165) is 25.7 Å². The van der Waals surface area contributed by atoms with Gasteiger partial charge in [-0.3, -0.25) is 9.59 Å². The first-order chi connectivity index (χ1) is 7.22. The zero-order chi connectivity index (χ0) is 10.8. The molecule has 0 N–H and O–H groups in total. The Morgan fingerprint density at radius 1 is 1.27 bits per heavy atom. The minimum atomic E-state index is -0.181. The summed E-state index contributed by atoms with van der Waals surface area (Å²) in [7, 11) is 1.39. The maximum absolute atomic E-state index is 11.4. The van der Waals surface area contributed by atoms with Gasteiger partial charge in [0.15, 0.2) is 0 Å². The van der Waals surface area contributed by atoms with Crippen molar-refractivity contribution >= 4 is 11.9 Å². The molecule has 2 fully saturated rings. The maximum Gasteiger partial charge on any atom is 0.309 e. The molecular weight excluding hydrogens is 196 g/mol. The van der Waals surface area contributed by atoms with E-state index < -0.39 is 0 Å². The lowest BCUT2D eigenvalue weighted by Gasteiger charge is -2.23. The Labute approximate surface area is 88.9 Å². The van der Waals surface area contributed by atoms with Gasteiger partial charge < -0.3 is 9.47 Å². The van der Waals surface area contributed by atoms with Gasteiger partial charge in [-0.05, 0) is 19.3 Å². The lowest BCUT2D eigenvalue weighted by atomic mass is 9.86. The molecule has 0 radical (unpaired) electrons. The van der Waals surface area contributed by atoms with Crippen molar-refractivity contribution in [1.82, 2.24) is 0 Å². The predicted molar refractivity (Wildman–Crippen MR) is 51.9 cm³/mol. The van der Waals surface area contributed by atoms with E-state index in [2.05, 4.69) is 4.74 Å². The van der Waals surface area contributed by atoms with Crippen LogP contribution >= 0.6 is 0 Å². The van der Waals surface area contributed by atoms with Crippen molar-refractivity contribution < 1.29 is 19.1 Å². The van der Waals surface area contributed by atoms with E-state index in [0.29, 0.717) is 6.61 Å². The van der Waals surface area contributed by atoms with Gasteiger partial charge in [0.2, 0.25) is 0 Å². The third-order valence-corrected chi connectivity index (χ3v) is 3.30. The first kappa shape index (κ1) is 10.5. The molecule has 0 aliphatic heterocycles. The van der Waals surface area contributed by atoms with Gasteiger partial charge in [-0.2, -0.15) is 0 Å². The first-order valence-corrected chi connectivity index (χ1v) is 5.47. The van der Waals surface area contributed by atoms with Crippen LogP contribution in [0.4, 0.5) is 0 Å². The molecule has 84 valence electrons. The van der Waals surface area contributed by atoms with E-state index in [-0.39, 0.29) is 29.7 Å². The third kappa shape index (κ3) is 2.30. The molecule has 4 nitrogen and oxygen atoms in total. The van der Waals surface area contributed by atoms with Crippen molar-refractivity contribution in [3.8, 4) is 0 Å². The molecule has 0 aromatic heterocycles.